The van der Waals surface area contributed by atoms with E-state index < -0.39 is 0 Å². The minimum atomic E-state index is -0.0386. The molecule has 1 amide bonds. The van der Waals surface area contributed by atoms with Crippen LogP contribution in [-0.2, 0) is 4.79 Å². The van der Waals surface area contributed by atoms with Crippen LogP contribution in [0.4, 0.5) is 0 Å². The van der Waals surface area contributed by atoms with E-state index in [1.807, 2.05) is 4.90 Å². The van der Waals surface area contributed by atoms with Crippen molar-refractivity contribution in [3.05, 3.63) is 0 Å². The van der Waals surface area contributed by atoms with Gasteiger partial charge in [-0.3, -0.25) is 4.79 Å². The molecule has 0 saturated carbocycles. The van der Waals surface area contributed by atoms with E-state index in [-0.39, 0.29) is 10.7 Å². The van der Waals surface area contributed by atoms with Gasteiger partial charge in [0.15, 0.2) is 0 Å². The van der Waals surface area contributed by atoms with E-state index >= 15 is 0 Å². The van der Waals surface area contributed by atoms with E-state index in [1.165, 1.54) is 0 Å². The highest BCUT2D eigenvalue weighted by atomic mass is 79.9. The molecule has 88 valence electrons. The summed E-state index contributed by atoms with van der Waals surface area (Å²) in [5.74, 6) is 0.593. The Morgan fingerprint density at radius 1 is 1.40 bits per heavy atom. The first kappa shape index (κ1) is 13.0. The molecule has 2 unspecified atom stereocenters. The van der Waals surface area contributed by atoms with E-state index in [0.717, 1.165) is 19.6 Å². The number of halogens is 1. The lowest BCUT2D eigenvalue weighted by atomic mass is 10.1. The first-order valence-electron chi connectivity index (χ1n) is 5.56. The van der Waals surface area contributed by atoms with Crippen LogP contribution in [0.15, 0.2) is 0 Å². The maximum absolute atomic E-state index is 12.1. The van der Waals surface area contributed by atoms with Gasteiger partial charge in [0.2, 0.25) is 5.91 Å². The molecule has 0 aromatic rings. The van der Waals surface area contributed by atoms with Crippen molar-refractivity contribution < 1.29 is 4.79 Å². The molecule has 0 spiro atoms. The summed E-state index contributed by atoms with van der Waals surface area (Å²) in [4.78, 5) is 16.3. The number of nitrogens with zero attached hydrogens (tertiary/aromatic N) is 2. The minimum absolute atomic E-state index is 0.0386. The highest BCUT2D eigenvalue weighted by molar-refractivity contribution is 9.10. The minimum Gasteiger partial charge on any atom is -0.336 e. The monoisotopic (exact) mass is 276 g/mol. The van der Waals surface area contributed by atoms with Crippen LogP contribution in [0.3, 0.4) is 0 Å². The lowest BCUT2D eigenvalue weighted by Gasteiger charge is -2.39. The molecule has 3 nitrogen and oxygen atoms in total. The highest BCUT2D eigenvalue weighted by Gasteiger charge is 2.30. The summed E-state index contributed by atoms with van der Waals surface area (Å²) in [6.45, 7) is 9.06. The van der Waals surface area contributed by atoms with Crippen molar-refractivity contribution in [1.29, 1.82) is 0 Å². The lowest BCUT2D eigenvalue weighted by molar-refractivity contribution is -0.135. The SMILES string of the molecule is CC(C)C(Br)C(=O)N1CCN(C)CC1C. The third-order valence-electron chi connectivity index (χ3n) is 2.93. The Balaban J connectivity index is 2.60. The smallest absolute Gasteiger partial charge is 0.236 e. The van der Waals surface area contributed by atoms with Crippen molar-refractivity contribution in [2.75, 3.05) is 26.7 Å². The normalized spacial score (nSPS) is 25.7. The van der Waals surface area contributed by atoms with Crippen LogP contribution in [0.1, 0.15) is 20.8 Å². The van der Waals surface area contributed by atoms with Gasteiger partial charge in [0.05, 0.1) is 4.83 Å². The summed E-state index contributed by atoms with van der Waals surface area (Å²) < 4.78 is 0. The molecule has 0 aromatic carbocycles. The number of rotatable bonds is 2. The molecular formula is C11H21BrN2O. The average molecular weight is 277 g/mol. The molecule has 0 bridgehead atoms. The molecule has 0 N–H and O–H groups in total. The maximum atomic E-state index is 12.1. The molecule has 1 rings (SSSR count). The molecule has 0 aliphatic carbocycles. The number of amides is 1. The topological polar surface area (TPSA) is 23.6 Å². The number of alkyl halides is 1. The number of carbonyl (C=O) groups excluding carboxylic acids is 1. The molecule has 1 saturated heterocycles. The van der Waals surface area contributed by atoms with E-state index in [1.54, 1.807) is 0 Å². The zero-order valence-corrected chi connectivity index (χ0v) is 11.6. The lowest BCUT2D eigenvalue weighted by Crippen LogP contribution is -2.55. The van der Waals surface area contributed by atoms with Crippen LogP contribution in [0.2, 0.25) is 0 Å². The molecule has 1 fully saturated rings. The van der Waals surface area contributed by atoms with Crippen LogP contribution in [0.25, 0.3) is 0 Å². The molecule has 2 atom stereocenters. The summed E-state index contributed by atoms with van der Waals surface area (Å²) in [6.07, 6.45) is 0. The summed E-state index contributed by atoms with van der Waals surface area (Å²) in [5.41, 5.74) is 0. The van der Waals surface area contributed by atoms with Gasteiger partial charge in [-0.05, 0) is 19.9 Å². The van der Waals surface area contributed by atoms with Gasteiger partial charge in [-0.2, -0.15) is 0 Å². The molecule has 0 aromatic heterocycles. The average Bonchev–Trinajstić information content (AvgIpc) is 2.15. The van der Waals surface area contributed by atoms with Gasteiger partial charge in [-0.25, -0.2) is 0 Å². The van der Waals surface area contributed by atoms with E-state index in [9.17, 15) is 4.79 Å². The predicted molar refractivity (Wildman–Crippen MR) is 66.2 cm³/mol. The second-order valence-electron chi connectivity index (χ2n) is 4.79. The summed E-state index contributed by atoms with van der Waals surface area (Å²) in [7, 11) is 2.10. The largest absolute Gasteiger partial charge is 0.336 e. The van der Waals surface area contributed by atoms with Crippen LogP contribution in [0, 0.1) is 5.92 Å². The van der Waals surface area contributed by atoms with E-state index in [2.05, 4.69) is 48.6 Å². The van der Waals surface area contributed by atoms with Crippen molar-refractivity contribution in [3.8, 4) is 0 Å². The van der Waals surface area contributed by atoms with Crippen molar-refractivity contribution in [2.45, 2.75) is 31.6 Å². The first-order chi connectivity index (χ1) is 6.93. The van der Waals surface area contributed by atoms with Gasteiger partial charge < -0.3 is 9.80 Å². The molecule has 1 aliphatic rings. The Labute approximate surface area is 101 Å². The van der Waals surface area contributed by atoms with Crippen LogP contribution < -0.4 is 0 Å². The zero-order chi connectivity index (χ0) is 11.6. The fourth-order valence-electron chi connectivity index (χ4n) is 1.91. The second-order valence-corrected chi connectivity index (χ2v) is 5.78. The highest BCUT2D eigenvalue weighted by Crippen LogP contribution is 2.18. The number of carbonyl (C=O) groups is 1. The summed E-state index contributed by atoms with van der Waals surface area (Å²) in [6, 6.07) is 0.329. The fourth-order valence-corrected chi connectivity index (χ4v) is 2.17. The van der Waals surface area contributed by atoms with E-state index in [4.69, 9.17) is 0 Å². The number of likely N-dealkylation sites (N-methyl/N-ethyl adjacent to an activating group) is 1. The van der Waals surface area contributed by atoms with Crippen molar-refractivity contribution in [2.24, 2.45) is 5.92 Å². The fraction of sp³-hybridized carbons (Fsp3) is 0.909. The molecular weight excluding hydrogens is 256 g/mol. The molecule has 4 heteroatoms. The maximum Gasteiger partial charge on any atom is 0.236 e. The molecule has 1 heterocycles. The Kier molecular flexibility index (Phi) is 4.59. The standard InChI is InChI=1S/C11H21BrN2O/c1-8(2)10(12)11(15)14-6-5-13(4)7-9(14)3/h8-10H,5-7H2,1-4H3. The number of hydrogen-bond acceptors (Lipinski definition) is 2. The van der Waals surface area contributed by atoms with Gasteiger partial charge >= 0.3 is 0 Å². The Morgan fingerprint density at radius 3 is 2.47 bits per heavy atom. The molecule has 15 heavy (non-hydrogen) atoms. The van der Waals surface area contributed by atoms with Gasteiger partial charge in [0.25, 0.3) is 0 Å². The van der Waals surface area contributed by atoms with Gasteiger partial charge in [0, 0.05) is 25.7 Å². The van der Waals surface area contributed by atoms with Crippen LogP contribution in [0.5, 0.6) is 0 Å². The zero-order valence-electron chi connectivity index (χ0n) is 10.0. The predicted octanol–water partition coefficient (Wildman–Crippen LogP) is 1.57. The number of hydrogen-bond donors (Lipinski definition) is 0. The van der Waals surface area contributed by atoms with Gasteiger partial charge in [-0.15, -0.1) is 0 Å². The summed E-state index contributed by atoms with van der Waals surface area (Å²) in [5, 5.41) is 0. The Hall–Kier alpha value is -0.0900. The Bertz CT molecular complexity index is 233. The van der Waals surface area contributed by atoms with Crippen molar-refractivity contribution in [3.63, 3.8) is 0 Å². The third kappa shape index (κ3) is 3.18. The Morgan fingerprint density at radius 2 is 2.00 bits per heavy atom. The quantitative estimate of drug-likeness (QED) is 0.715. The molecule has 1 aliphatic heterocycles. The third-order valence-corrected chi connectivity index (χ3v) is 4.38. The van der Waals surface area contributed by atoms with Gasteiger partial charge in [0.1, 0.15) is 0 Å². The molecule has 0 radical (unpaired) electrons. The van der Waals surface area contributed by atoms with Crippen molar-refractivity contribution in [1.82, 2.24) is 9.80 Å². The van der Waals surface area contributed by atoms with Crippen molar-refractivity contribution >= 4 is 21.8 Å². The van der Waals surface area contributed by atoms with Crippen LogP contribution in [-0.4, -0.2) is 53.3 Å². The van der Waals surface area contributed by atoms with E-state index in [0.29, 0.717) is 12.0 Å². The van der Waals surface area contributed by atoms with Crippen LogP contribution >= 0.6 is 15.9 Å². The number of piperazine rings is 1. The second kappa shape index (κ2) is 5.30. The first-order valence-corrected chi connectivity index (χ1v) is 6.48. The summed E-state index contributed by atoms with van der Waals surface area (Å²) >= 11 is 3.48. The van der Waals surface area contributed by atoms with Gasteiger partial charge in [-0.1, -0.05) is 29.8 Å².